The normalized spacial score (nSPS) is 13.0. The summed E-state index contributed by atoms with van der Waals surface area (Å²) in [6.07, 6.45) is 5.06. The summed E-state index contributed by atoms with van der Waals surface area (Å²) in [4.78, 5) is 35.7. The minimum Gasteiger partial charge on any atom is -0.497 e. The van der Waals surface area contributed by atoms with E-state index in [9.17, 15) is 14.4 Å². The molecule has 2 aromatic rings. The Labute approximate surface area is 175 Å². The van der Waals surface area contributed by atoms with Gasteiger partial charge in [0.1, 0.15) is 5.75 Å². The van der Waals surface area contributed by atoms with Crippen LogP contribution < -0.4 is 20.7 Å². The van der Waals surface area contributed by atoms with E-state index in [4.69, 9.17) is 4.74 Å². The highest BCUT2D eigenvalue weighted by atomic mass is 16.5. The molecule has 1 saturated carbocycles. The van der Waals surface area contributed by atoms with Gasteiger partial charge in [0.25, 0.3) is 5.91 Å². The van der Waals surface area contributed by atoms with Crippen LogP contribution in [0.3, 0.4) is 0 Å². The van der Waals surface area contributed by atoms with E-state index >= 15 is 0 Å². The predicted octanol–water partition coefficient (Wildman–Crippen LogP) is 2.60. The van der Waals surface area contributed by atoms with E-state index in [1.807, 2.05) is 24.3 Å². The zero-order valence-corrected chi connectivity index (χ0v) is 16.8. The SMILES string of the molecule is COc1ccc(/C=C/C(=O)Nc2ccc(C(=O)NCCNC(=O)C3CC3)cc2)cc1. The third-order valence-electron chi connectivity index (χ3n) is 4.62. The number of carbonyl (C=O) groups excluding carboxylic acids is 3. The molecular formula is C23H25N3O4. The first-order chi connectivity index (χ1) is 14.5. The van der Waals surface area contributed by atoms with Crippen LogP contribution in [0.4, 0.5) is 5.69 Å². The van der Waals surface area contributed by atoms with Crippen LogP contribution in [0.25, 0.3) is 6.08 Å². The Morgan fingerprint density at radius 3 is 2.27 bits per heavy atom. The van der Waals surface area contributed by atoms with Crippen LogP contribution in [0, 0.1) is 5.92 Å². The molecule has 0 radical (unpaired) electrons. The molecule has 7 nitrogen and oxygen atoms in total. The molecule has 0 bridgehead atoms. The molecule has 3 rings (SSSR count). The summed E-state index contributed by atoms with van der Waals surface area (Å²) in [5.74, 6) is 0.478. The minimum atomic E-state index is -0.269. The number of hydrogen-bond donors (Lipinski definition) is 3. The van der Waals surface area contributed by atoms with E-state index in [-0.39, 0.29) is 23.6 Å². The zero-order valence-electron chi connectivity index (χ0n) is 16.8. The van der Waals surface area contributed by atoms with E-state index in [2.05, 4.69) is 16.0 Å². The number of methoxy groups -OCH3 is 1. The molecule has 0 aromatic heterocycles. The van der Waals surface area contributed by atoms with Crippen molar-refractivity contribution in [3.63, 3.8) is 0 Å². The van der Waals surface area contributed by atoms with Crippen molar-refractivity contribution in [3.05, 3.63) is 65.7 Å². The molecule has 1 aliphatic rings. The van der Waals surface area contributed by atoms with Crippen molar-refractivity contribution in [2.45, 2.75) is 12.8 Å². The van der Waals surface area contributed by atoms with Gasteiger partial charge >= 0.3 is 0 Å². The Bertz CT molecular complexity index is 916. The molecule has 0 heterocycles. The average Bonchev–Trinajstić information content (AvgIpc) is 3.61. The lowest BCUT2D eigenvalue weighted by atomic mass is 10.2. The standard InChI is InChI=1S/C23H25N3O4/c1-30-20-11-2-16(3-12-20)4-13-21(27)26-19-9-7-18(8-10-19)23(29)25-15-14-24-22(28)17-5-6-17/h2-4,7-13,17H,5-6,14-15H2,1H3,(H,24,28)(H,25,29)(H,26,27)/b13-4+. The van der Waals surface area contributed by atoms with E-state index < -0.39 is 0 Å². The van der Waals surface area contributed by atoms with Crippen LogP contribution in [0.1, 0.15) is 28.8 Å². The molecule has 3 amide bonds. The van der Waals surface area contributed by atoms with E-state index in [1.165, 1.54) is 6.08 Å². The van der Waals surface area contributed by atoms with Gasteiger partial charge in [0.2, 0.25) is 11.8 Å². The van der Waals surface area contributed by atoms with Gasteiger partial charge in [0.05, 0.1) is 7.11 Å². The summed E-state index contributed by atoms with van der Waals surface area (Å²) in [6, 6.07) is 14.0. The van der Waals surface area contributed by atoms with E-state index in [1.54, 1.807) is 37.5 Å². The summed E-state index contributed by atoms with van der Waals surface area (Å²) in [5, 5.41) is 8.31. The van der Waals surface area contributed by atoms with Crippen molar-refractivity contribution in [2.75, 3.05) is 25.5 Å². The van der Waals surface area contributed by atoms with Gasteiger partial charge in [0, 0.05) is 36.3 Å². The van der Waals surface area contributed by atoms with Crippen LogP contribution in [0.5, 0.6) is 5.75 Å². The van der Waals surface area contributed by atoms with Gasteiger partial charge in [0.15, 0.2) is 0 Å². The van der Waals surface area contributed by atoms with Crippen molar-refractivity contribution in [2.24, 2.45) is 5.92 Å². The first-order valence-corrected chi connectivity index (χ1v) is 9.84. The molecular weight excluding hydrogens is 382 g/mol. The average molecular weight is 407 g/mol. The summed E-state index contributed by atoms with van der Waals surface area (Å²) in [5.41, 5.74) is 1.95. The van der Waals surface area contributed by atoms with Gasteiger partial charge < -0.3 is 20.7 Å². The number of hydrogen-bond acceptors (Lipinski definition) is 4. The number of carbonyl (C=O) groups is 3. The topological polar surface area (TPSA) is 96.5 Å². The quantitative estimate of drug-likeness (QED) is 0.440. The highest BCUT2D eigenvalue weighted by molar-refractivity contribution is 6.02. The Kier molecular flexibility index (Phi) is 7.21. The van der Waals surface area contributed by atoms with Crippen molar-refractivity contribution in [1.29, 1.82) is 0 Å². The largest absolute Gasteiger partial charge is 0.497 e. The van der Waals surface area contributed by atoms with Gasteiger partial charge in [-0.2, -0.15) is 0 Å². The number of nitrogens with one attached hydrogen (secondary N) is 3. The monoisotopic (exact) mass is 407 g/mol. The molecule has 30 heavy (non-hydrogen) atoms. The molecule has 2 aromatic carbocycles. The number of benzene rings is 2. The first kappa shape index (κ1) is 21.1. The lowest BCUT2D eigenvalue weighted by Crippen LogP contribution is -2.35. The van der Waals surface area contributed by atoms with Gasteiger partial charge in [-0.05, 0) is 60.9 Å². The lowest BCUT2D eigenvalue weighted by Gasteiger charge is -2.08. The van der Waals surface area contributed by atoms with Crippen molar-refractivity contribution >= 4 is 29.5 Å². The van der Waals surface area contributed by atoms with Gasteiger partial charge in [-0.15, -0.1) is 0 Å². The highest BCUT2D eigenvalue weighted by Gasteiger charge is 2.28. The number of rotatable bonds is 9. The fourth-order valence-electron chi connectivity index (χ4n) is 2.73. The van der Waals surface area contributed by atoms with Crippen LogP contribution >= 0.6 is 0 Å². The smallest absolute Gasteiger partial charge is 0.251 e. The maximum atomic E-state index is 12.1. The maximum absolute atomic E-state index is 12.1. The third-order valence-corrected chi connectivity index (χ3v) is 4.62. The summed E-state index contributed by atoms with van der Waals surface area (Å²) in [6.45, 7) is 0.779. The second kappa shape index (κ2) is 10.2. The molecule has 0 aliphatic heterocycles. The van der Waals surface area contributed by atoms with Crippen molar-refractivity contribution < 1.29 is 19.1 Å². The summed E-state index contributed by atoms with van der Waals surface area (Å²) in [7, 11) is 1.60. The lowest BCUT2D eigenvalue weighted by molar-refractivity contribution is -0.122. The summed E-state index contributed by atoms with van der Waals surface area (Å²) >= 11 is 0. The Balaban J connectivity index is 1.42. The number of anilines is 1. The Morgan fingerprint density at radius 2 is 1.63 bits per heavy atom. The van der Waals surface area contributed by atoms with E-state index in [0.717, 1.165) is 24.2 Å². The van der Waals surface area contributed by atoms with Crippen LogP contribution in [-0.4, -0.2) is 37.9 Å². The predicted molar refractivity (Wildman–Crippen MR) is 115 cm³/mol. The molecule has 0 atom stereocenters. The fraction of sp³-hybridized carbons (Fsp3) is 0.261. The van der Waals surface area contributed by atoms with Crippen LogP contribution in [0.15, 0.2) is 54.6 Å². The molecule has 156 valence electrons. The Morgan fingerprint density at radius 1 is 0.967 bits per heavy atom. The molecule has 7 heteroatoms. The third kappa shape index (κ3) is 6.48. The molecule has 0 saturated heterocycles. The molecule has 1 fully saturated rings. The van der Waals surface area contributed by atoms with Gasteiger partial charge in [-0.1, -0.05) is 12.1 Å². The number of amides is 3. The molecule has 1 aliphatic carbocycles. The summed E-state index contributed by atoms with van der Waals surface area (Å²) < 4.78 is 5.10. The Hall–Kier alpha value is -3.61. The molecule has 0 spiro atoms. The van der Waals surface area contributed by atoms with Crippen LogP contribution in [0.2, 0.25) is 0 Å². The highest BCUT2D eigenvalue weighted by Crippen LogP contribution is 2.28. The molecule has 0 unspecified atom stereocenters. The second-order valence-electron chi connectivity index (χ2n) is 6.99. The van der Waals surface area contributed by atoms with Crippen LogP contribution in [-0.2, 0) is 9.59 Å². The zero-order chi connectivity index (χ0) is 21.3. The first-order valence-electron chi connectivity index (χ1n) is 9.84. The van der Waals surface area contributed by atoms with E-state index in [0.29, 0.717) is 24.3 Å². The minimum absolute atomic E-state index is 0.0605. The fourth-order valence-corrected chi connectivity index (χ4v) is 2.73. The number of ether oxygens (including phenoxy) is 1. The van der Waals surface area contributed by atoms with Crippen molar-refractivity contribution in [3.8, 4) is 5.75 Å². The van der Waals surface area contributed by atoms with Gasteiger partial charge in [-0.3, -0.25) is 14.4 Å². The maximum Gasteiger partial charge on any atom is 0.251 e. The molecule has 3 N–H and O–H groups in total. The van der Waals surface area contributed by atoms with Crippen molar-refractivity contribution in [1.82, 2.24) is 10.6 Å². The second-order valence-corrected chi connectivity index (χ2v) is 6.99. The van der Waals surface area contributed by atoms with Gasteiger partial charge in [-0.25, -0.2) is 0 Å².